The SMILES string of the molecule is COCC1=C2C1C[C@H]2C[C@@H](I)C1CC1. The van der Waals surface area contributed by atoms with Crippen molar-refractivity contribution in [3.8, 4) is 0 Å². The molecule has 3 rings (SSSR count). The van der Waals surface area contributed by atoms with Gasteiger partial charge in [0.25, 0.3) is 0 Å². The second-order valence-corrected chi connectivity index (χ2v) is 6.59. The van der Waals surface area contributed by atoms with Crippen LogP contribution in [0.25, 0.3) is 0 Å². The number of halogens is 1. The van der Waals surface area contributed by atoms with Crippen molar-refractivity contribution in [1.29, 1.82) is 0 Å². The Labute approximate surface area is 99.4 Å². The molecule has 0 bridgehead atoms. The van der Waals surface area contributed by atoms with Crippen LogP contribution in [0.4, 0.5) is 0 Å². The van der Waals surface area contributed by atoms with Gasteiger partial charge in [-0.2, -0.15) is 0 Å². The van der Waals surface area contributed by atoms with Crippen LogP contribution in [-0.4, -0.2) is 17.6 Å². The molecule has 1 nitrogen and oxygen atoms in total. The highest BCUT2D eigenvalue weighted by molar-refractivity contribution is 14.1. The second-order valence-electron chi connectivity index (χ2n) is 4.99. The van der Waals surface area contributed by atoms with Gasteiger partial charge in [-0.15, -0.1) is 0 Å². The van der Waals surface area contributed by atoms with E-state index in [0.717, 1.165) is 28.3 Å². The lowest BCUT2D eigenvalue weighted by Gasteiger charge is -2.26. The van der Waals surface area contributed by atoms with E-state index in [-0.39, 0.29) is 0 Å². The number of allylic oxidation sites excluding steroid dienone is 1. The van der Waals surface area contributed by atoms with Crippen LogP contribution in [0.2, 0.25) is 0 Å². The summed E-state index contributed by atoms with van der Waals surface area (Å²) in [5.41, 5.74) is 3.44. The van der Waals surface area contributed by atoms with E-state index in [0.29, 0.717) is 0 Å². The smallest absolute Gasteiger partial charge is 0.0681 e. The van der Waals surface area contributed by atoms with E-state index < -0.39 is 0 Å². The minimum absolute atomic E-state index is 0.905. The highest BCUT2D eigenvalue weighted by Crippen LogP contribution is 2.61. The molecule has 1 unspecified atom stereocenters. The van der Waals surface area contributed by atoms with Gasteiger partial charge >= 0.3 is 0 Å². The molecule has 2 fully saturated rings. The monoisotopic (exact) mass is 304 g/mol. The van der Waals surface area contributed by atoms with Crippen molar-refractivity contribution >= 4 is 22.6 Å². The minimum atomic E-state index is 0.905. The quantitative estimate of drug-likeness (QED) is 0.431. The Hall–Kier alpha value is 0.430. The van der Waals surface area contributed by atoms with E-state index in [4.69, 9.17) is 4.74 Å². The summed E-state index contributed by atoms with van der Waals surface area (Å²) >= 11 is 2.67. The fourth-order valence-electron chi connectivity index (χ4n) is 2.89. The average molecular weight is 304 g/mol. The van der Waals surface area contributed by atoms with Gasteiger partial charge in [-0.05, 0) is 43.1 Å². The van der Waals surface area contributed by atoms with Gasteiger partial charge in [0, 0.05) is 17.0 Å². The molecule has 0 N–H and O–H groups in total. The van der Waals surface area contributed by atoms with Crippen molar-refractivity contribution < 1.29 is 4.74 Å². The van der Waals surface area contributed by atoms with E-state index in [9.17, 15) is 0 Å². The summed E-state index contributed by atoms with van der Waals surface area (Å²) < 4.78 is 6.15. The number of ether oxygens (including phenoxy) is 1. The van der Waals surface area contributed by atoms with Gasteiger partial charge in [-0.3, -0.25) is 0 Å². The largest absolute Gasteiger partial charge is 0.380 e. The predicted octanol–water partition coefficient (Wildman–Crippen LogP) is 3.18. The molecule has 0 aromatic rings. The Balaban J connectivity index is 1.51. The summed E-state index contributed by atoms with van der Waals surface area (Å²) in [5.74, 6) is 2.93. The Morgan fingerprint density at radius 2 is 2.29 bits per heavy atom. The van der Waals surface area contributed by atoms with E-state index in [1.807, 2.05) is 7.11 Å². The van der Waals surface area contributed by atoms with Gasteiger partial charge in [0.1, 0.15) is 0 Å². The zero-order valence-electron chi connectivity index (χ0n) is 8.63. The molecule has 3 atom stereocenters. The lowest BCUT2D eigenvalue weighted by atomic mass is 9.81. The van der Waals surface area contributed by atoms with E-state index >= 15 is 0 Å². The minimum Gasteiger partial charge on any atom is -0.380 e. The van der Waals surface area contributed by atoms with Crippen molar-refractivity contribution in [2.45, 2.75) is 29.6 Å². The van der Waals surface area contributed by atoms with Crippen LogP contribution in [0.5, 0.6) is 0 Å². The summed E-state index contributed by atoms with van der Waals surface area (Å²) in [5, 5.41) is 0. The first kappa shape index (κ1) is 9.64. The van der Waals surface area contributed by atoms with Crippen LogP contribution in [0.3, 0.4) is 0 Å². The molecular formula is C12H17IO. The van der Waals surface area contributed by atoms with Gasteiger partial charge in [-0.25, -0.2) is 0 Å². The number of fused-ring (bicyclic) bond motifs is 1. The highest BCUT2D eigenvalue weighted by Gasteiger charge is 2.51. The molecule has 0 aliphatic heterocycles. The Bertz CT molecular complexity index is 280. The summed E-state index contributed by atoms with van der Waals surface area (Å²) in [6.07, 6.45) is 5.88. The molecule has 3 aliphatic carbocycles. The summed E-state index contributed by atoms with van der Waals surface area (Å²) in [6.45, 7) is 0.909. The lowest BCUT2D eigenvalue weighted by Crippen LogP contribution is -2.18. The maximum atomic E-state index is 5.20. The standard InChI is InChI=1S/C12H17IO/c1-14-6-10-9-4-8(12(9)10)5-11(13)7-2-3-7/h7-9,11H,2-6H2,1H3/t8-,9?,11+/m0/s1. The van der Waals surface area contributed by atoms with Crippen LogP contribution >= 0.6 is 22.6 Å². The first-order valence-electron chi connectivity index (χ1n) is 5.67. The summed E-state index contributed by atoms with van der Waals surface area (Å²) in [6, 6.07) is 0. The second kappa shape index (κ2) is 3.48. The maximum absolute atomic E-state index is 5.20. The predicted molar refractivity (Wildman–Crippen MR) is 65.6 cm³/mol. The van der Waals surface area contributed by atoms with Crippen molar-refractivity contribution in [2.24, 2.45) is 17.8 Å². The number of alkyl halides is 1. The fraction of sp³-hybridized carbons (Fsp3) is 0.833. The van der Waals surface area contributed by atoms with Crippen molar-refractivity contribution in [1.82, 2.24) is 0 Å². The van der Waals surface area contributed by atoms with Gasteiger partial charge in [-0.1, -0.05) is 28.2 Å². The Morgan fingerprint density at radius 1 is 1.50 bits per heavy atom. The van der Waals surface area contributed by atoms with Crippen LogP contribution in [-0.2, 0) is 4.74 Å². The first-order chi connectivity index (χ1) is 6.81. The molecule has 14 heavy (non-hydrogen) atoms. The molecule has 0 amide bonds. The van der Waals surface area contributed by atoms with E-state index in [1.54, 1.807) is 11.1 Å². The van der Waals surface area contributed by atoms with E-state index in [1.165, 1.54) is 25.7 Å². The van der Waals surface area contributed by atoms with Crippen LogP contribution in [0.15, 0.2) is 11.1 Å². The van der Waals surface area contributed by atoms with Gasteiger partial charge in [0.15, 0.2) is 0 Å². The molecule has 0 aromatic carbocycles. The third-order valence-corrected chi connectivity index (χ3v) is 5.51. The molecule has 2 heteroatoms. The summed E-state index contributed by atoms with van der Waals surface area (Å²) in [4.78, 5) is 0. The number of hydrogen-bond donors (Lipinski definition) is 0. The molecule has 3 aliphatic rings. The third-order valence-electron chi connectivity index (χ3n) is 3.99. The highest BCUT2D eigenvalue weighted by atomic mass is 127. The third kappa shape index (κ3) is 1.54. The molecule has 78 valence electrons. The van der Waals surface area contributed by atoms with Crippen molar-refractivity contribution in [3.63, 3.8) is 0 Å². The maximum Gasteiger partial charge on any atom is 0.0681 e. The number of rotatable bonds is 5. The Kier molecular flexibility index (Phi) is 2.39. The molecule has 0 heterocycles. The first-order valence-corrected chi connectivity index (χ1v) is 6.91. The topological polar surface area (TPSA) is 9.23 Å². The molecule has 0 radical (unpaired) electrons. The molecule has 2 saturated carbocycles. The van der Waals surface area contributed by atoms with Gasteiger partial charge in [0.2, 0.25) is 0 Å². The zero-order valence-corrected chi connectivity index (χ0v) is 10.8. The lowest BCUT2D eigenvalue weighted by molar-refractivity contribution is 0.225. The van der Waals surface area contributed by atoms with Gasteiger partial charge in [0.05, 0.1) is 6.61 Å². The van der Waals surface area contributed by atoms with Crippen molar-refractivity contribution in [3.05, 3.63) is 11.1 Å². The number of methoxy groups -OCH3 is 1. The van der Waals surface area contributed by atoms with Crippen molar-refractivity contribution in [2.75, 3.05) is 13.7 Å². The summed E-state index contributed by atoms with van der Waals surface area (Å²) in [7, 11) is 1.81. The van der Waals surface area contributed by atoms with Gasteiger partial charge < -0.3 is 4.74 Å². The van der Waals surface area contributed by atoms with Crippen LogP contribution in [0, 0.1) is 17.8 Å². The molecule has 0 aromatic heterocycles. The molecule has 0 spiro atoms. The van der Waals surface area contributed by atoms with Crippen LogP contribution < -0.4 is 0 Å². The number of hydrogen-bond acceptors (Lipinski definition) is 1. The van der Waals surface area contributed by atoms with Crippen LogP contribution in [0.1, 0.15) is 25.7 Å². The molecule has 0 saturated heterocycles. The fourth-order valence-corrected chi connectivity index (χ4v) is 4.23. The normalized spacial score (nSPS) is 36.4. The zero-order chi connectivity index (χ0) is 9.71. The Morgan fingerprint density at radius 3 is 2.93 bits per heavy atom. The van der Waals surface area contributed by atoms with E-state index in [2.05, 4.69) is 22.6 Å². The molecular weight excluding hydrogens is 287 g/mol. The average Bonchev–Trinajstić information content (AvgIpc) is 2.97.